The lowest BCUT2D eigenvalue weighted by molar-refractivity contribution is 0.426. The summed E-state index contributed by atoms with van der Waals surface area (Å²) in [5, 5.41) is 1.34. The van der Waals surface area contributed by atoms with Crippen LogP contribution in [-0.4, -0.2) is 18.7 Å². The number of para-hydroxylation sites is 2. The van der Waals surface area contributed by atoms with E-state index in [4.69, 9.17) is 0 Å². The van der Waals surface area contributed by atoms with Crippen molar-refractivity contribution >= 4 is 21.5 Å². The predicted molar refractivity (Wildman–Crippen MR) is 152 cm³/mol. The molecule has 0 amide bonds. The van der Waals surface area contributed by atoms with E-state index in [0.29, 0.717) is 39.3 Å². The van der Waals surface area contributed by atoms with E-state index in [2.05, 4.69) is 0 Å². The van der Waals surface area contributed by atoms with E-state index >= 15 is 0 Å². The Kier molecular flexibility index (Phi) is 6.13. The molecule has 2 heterocycles. The van der Waals surface area contributed by atoms with Crippen molar-refractivity contribution in [1.29, 1.82) is 0 Å². The van der Waals surface area contributed by atoms with Crippen molar-refractivity contribution in [3.63, 3.8) is 0 Å². The van der Waals surface area contributed by atoms with Gasteiger partial charge in [-0.15, -0.1) is 0 Å². The van der Waals surface area contributed by atoms with E-state index in [1.807, 2.05) is 12.1 Å². The molecule has 0 aliphatic carbocycles. The summed E-state index contributed by atoms with van der Waals surface area (Å²) in [5.41, 5.74) is -0.0921. The highest BCUT2D eigenvalue weighted by molar-refractivity contribution is 5.81. The molecule has 6 aromatic rings. The first-order valence-electron chi connectivity index (χ1n) is 12.7. The summed E-state index contributed by atoms with van der Waals surface area (Å²) in [6, 6.07) is 31.5. The van der Waals surface area contributed by atoms with Crippen LogP contribution in [0.2, 0.25) is 0 Å². The Balaban J connectivity index is 1.48. The van der Waals surface area contributed by atoms with E-state index in [0.717, 1.165) is 0 Å². The molecule has 0 fully saturated rings. The van der Waals surface area contributed by atoms with Gasteiger partial charge in [-0.3, -0.25) is 19.2 Å². The second-order valence-electron chi connectivity index (χ2n) is 9.21. The van der Waals surface area contributed by atoms with E-state index in [1.54, 1.807) is 97.1 Å². The molecule has 0 saturated carbocycles. The number of aromatic nitrogens is 4. The lowest BCUT2D eigenvalue weighted by Gasteiger charge is -2.19. The molecule has 0 bridgehead atoms. The van der Waals surface area contributed by atoms with Crippen molar-refractivity contribution in [1.82, 2.24) is 18.7 Å². The summed E-state index contributed by atoms with van der Waals surface area (Å²) < 4.78 is 5.60. The molecule has 0 radical (unpaired) electrons. The SMILES string of the molecule is O=c1c2ccccc2c(=O)n(-c2ccccc2)n1CCCn1c(=O)c2ccccc2c(=O)n1-c1ccccc1. The zero-order valence-electron chi connectivity index (χ0n) is 20.9. The van der Waals surface area contributed by atoms with Gasteiger partial charge in [0.05, 0.1) is 32.9 Å². The first-order valence-corrected chi connectivity index (χ1v) is 12.7. The molecule has 0 spiro atoms. The van der Waals surface area contributed by atoms with Crippen molar-refractivity contribution in [2.45, 2.75) is 19.5 Å². The van der Waals surface area contributed by atoms with Crippen LogP contribution in [-0.2, 0) is 13.1 Å². The molecule has 0 aliphatic heterocycles. The maximum atomic E-state index is 13.6. The highest BCUT2D eigenvalue weighted by Gasteiger charge is 2.17. The maximum Gasteiger partial charge on any atom is 0.278 e. The van der Waals surface area contributed by atoms with Gasteiger partial charge >= 0.3 is 0 Å². The summed E-state index contributed by atoms with van der Waals surface area (Å²) >= 11 is 0. The molecule has 0 aliphatic rings. The minimum absolute atomic E-state index is 0.149. The van der Waals surface area contributed by atoms with Gasteiger partial charge < -0.3 is 0 Å². The molecule has 2 aromatic heterocycles. The van der Waals surface area contributed by atoms with Gasteiger partial charge in [0.2, 0.25) is 0 Å². The highest BCUT2D eigenvalue weighted by atomic mass is 16.2. The lowest BCUT2D eigenvalue weighted by Crippen LogP contribution is -2.40. The molecule has 6 rings (SSSR count). The third-order valence-electron chi connectivity index (χ3n) is 6.85. The first-order chi connectivity index (χ1) is 19.1. The molecular weight excluding hydrogens is 492 g/mol. The molecule has 0 saturated heterocycles. The number of hydrogen-bond acceptors (Lipinski definition) is 4. The smallest absolute Gasteiger partial charge is 0.267 e. The summed E-state index contributed by atoms with van der Waals surface area (Å²) in [6.45, 7) is 0.298. The normalized spacial score (nSPS) is 11.3. The summed E-state index contributed by atoms with van der Waals surface area (Å²) in [6.07, 6.45) is 0.315. The van der Waals surface area contributed by atoms with Gasteiger partial charge in [0.1, 0.15) is 0 Å². The van der Waals surface area contributed by atoms with Crippen LogP contribution in [0.4, 0.5) is 0 Å². The van der Waals surface area contributed by atoms with Crippen LogP contribution in [0.15, 0.2) is 128 Å². The fourth-order valence-electron chi connectivity index (χ4n) is 5.04. The molecule has 8 nitrogen and oxygen atoms in total. The van der Waals surface area contributed by atoms with Gasteiger partial charge in [0.25, 0.3) is 22.2 Å². The van der Waals surface area contributed by atoms with Gasteiger partial charge in [0.15, 0.2) is 0 Å². The van der Waals surface area contributed by atoms with Crippen LogP contribution < -0.4 is 22.2 Å². The largest absolute Gasteiger partial charge is 0.278 e. The van der Waals surface area contributed by atoms with Crippen LogP contribution in [0.3, 0.4) is 0 Å². The Bertz CT molecular complexity index is 1920. The van der Waals surface area contributed by atoms with Crippen molar-refractivity contribution in [3.8, 4) is 11.4 Å². The monoisotopic (exact) mass is 516 g/mol. The maximum absolute atomic E-state index is 13.6. The minimum Gasteiger partial charge on any atom is -0.267 e. The average molecular weight is 517 g/mol. The number of rotatable bonds is 6. The molecule has 0 unspecified atom stereocenters. The van der Waals surface area contributed by atoms with Gasteiger partial charge in [-0.2, -0.15) is 0 Å². The molecule has 39 heavy (non-hydrogen) atoms. The van der Waals surface area contributed by atoms with Crippen LogP contribution in [0.25, 0.3) is 32.9 Å². The summed E-state index contributed by atoms with van der Waals surface area (Å²) in [4.78, 5) is 54.2. The van der Waals surface area contributed by atoms with E-state index in [1.165, 1.54) is 18.7 Å². The van der Waals surface area contributed by atoms with E-state index in [-0.39, 0.29) is 35.3 Å². The minimum atomic E-state index is -0.305. The van der Waals surface area contributed by atoms with E-state index < -0.39 is 0 Å². The van der Waals surface area contributed by atoms with Crippen LogP contribution >= 0.6 is 0 Å². The second-order valence-corrected chi connectivity index (χ2v) is 9.21. The van der Waals surface area contributed by atoms with Crippen LogP contribution in [0, 0.1) is 0 Å². The van der Waals surface area contributed by atoms with Crippen molar-refractivity contribution < 1.29 is 0 Å². The third kappa shape index (κ3) is 4.12. The number of benzene rings is 4. The second kappa shape index (κ2) is 9.90. The summed E-state index contributed by atoms with van der Waals surface area (Å²) in [5.74, 6) is 0. The highest BCUT2D eigenvalue weighted by Crippen LogP contribution is 2.12. The topological polar surface area (TPSA) is 88.0 Å². The lowest BCUT2D eigenvalue weighted by atomic mass is 10.2. The van der Waals surface area contributed by atoms with Crippen LogP contribution in [0.5, 0.6) is 0 Å². The Morgan fingerprint density at radius 2 is 0.692 bits per heavy atom. The Morgan fingerprint density at radius 3 is 1.05 bits per heavy atom. The van der Waals surface area contributed by atoms with Gasteiger partial charge in [-0.1, -0.05) is 60.7 Å². The number of hydrogen-bond donors (Lipinski definition) is 0. The van der Waals surface area contributed by atoms with Gasteiger partial charge in [0, 0.05) is 13.1 Å². The Morgan fingerprint density at radius 1 is 0.385 bits per heavy atom. The van der Waals surface area contributed by atoms with Crippen molar-refractivity contribution in [3.05, 3.63) is 151 Å². The third-order valence-corrected chi connectivity index (χ3v) is 6.85. The number of fused-ring (bicyclic) bond motifs is 2. The van der Waals surface area contributed by atoms with Crippen LogP contribution in [0.1, 0.15) is 6.42 Å². The standard InChI is InChI=1S/C31H24N4O4/c36-28-24-16-7-9-18-26(24)30(38)34(22-12-3-1-4-13-22)32(28)20-11-21-33-29(37)25-17-8-10-19-27(25)31(39)35(33)23-14-5-2-6-15-23/h1-10,12-19H,11,20-21H2. The van der Waals surface area contributed by atoms with Crippen molar-refractivity contribution in [2.24, 2.45) is 0 Å². The Labute approximate surface area is 221 Å². The molecule has 0 N–H and O–H groups in total. The Hall–Kier alpha value is -5.24. The molecule has 4 aromatic carbocycles. The molecule has 8 heteroatoms. The fourth-order valence-corrected chi connectivity index (χ4v) is 5.04. The number of nitrogens with zero attached hydrogens (tertiary/aromatic N) is 4. The average Bonchev–Trinajstić information content (AvgIpc) is 2.99. The first kappa shape index (κ1) is 24.1. The van der Waals surface area contributed by atoms with Crippen molar-refractivity contribution in [2.75, 3.05) is 0 Å². The fraction of sp³-hybridized carbons (Fsp3) is 0.0968. The van der Waals surface area contributed by atoms with Gasteiger partial charge in [-0.05, 0) is 55.0 Å². The summed E-state index contributed by atoms with van der Waals surface area (Å²) in [7, 11) is 0. The molecule has 192 valence electrons. The van der Waals surface area contributed by atoms with E-state index in [9.17, 15) is 19.2 Å². The quantitative estimate of drug-likeness (QED) is 0.338. The molecule has 0 atom stereocenters. The van der Waals surface area contributed by atoms with Gasteiger partial charge in [-0.25, -0.2) is 18.7 Å². The zero-order chi connectivity index (χ0) is 26.9. The zero-order valence-corrected chi connectivity index (χ0v) is 20.9. The molecular formula is C31H24N4O4. The predicted octanol–water partition coefficient (Wildman–Crippen LogP) is 3.71.